The monoisotopic (exact) mass is 178 g/mol. The molecule has 5 heteroatoms. The van der Waals surface area contributed by atoms with Crippen LogP contribution in [0, 0.1) is 0 Å². The fourth-order valence-corrected chi connectivity index (χ4v) is 0.844. The van der Waals surface area contributed by atoms with Gasteiger partial charge in [-0.25, -0.2) is 0 Å². The van der Waals surface area contributed by atoms with Crippen molar-refractivity contribution in [1.82, 2.24) is 10.1 Å². The van der Waals surface area contributed by atoms with Crippen LogP contribution in [0.4, 0.5) is 0 Å². The van der Waals surface area contributed by atoms with Crippen LogP contribution in [0.1, 0.15) is 0 Å². The average molecular weight is 178 g/mol. The Labute approximate surface area is 72.9 Å². The fourth-order valence-electron chi connectivity index (χ4n) is 0.844. The number of pyridine rings is 1. The Bertz CT molecular complexity index is 432. The highest BCUT2D eigenvalue weighted by molar-refractivity contribution is 5.24. The number of nitrogens with one attached hydrogen (secondary N) is 1. The van der Waals surface area contributed by atoms with E-state index in [1.807, 2.05) is 0 Å². The maximum Gasteiger partial charge on any atom is 0.322 e. The van der Waals surface area contributed by atoms with Gasteiger partial charge in [0.2, 0.25) is 5.75 Å². The number of hydrogen-bond donors (Lipinski definition) is 1. The Morgan fingerprint density at radius 2 is 2.15 bits per heavy atom. The first-order valence-corrected chi connectivity index (χ1v) is 3.60. The lowest BCUT2D eigenvalue weighted by Gasteiger charge is -1.98. The lowest BCUT2D eigenvalue weighted by atomic mass is 10.4. The largest absolute Gasteiger partial charge is 0.448 e. The molecule has 1 N–H and O–H groups in total. The topological polar surface area (TPSA) is 68.1 Å². The number of H-pyrrole nitrogens is 1. The summed E-state index contributed by atoms with van der Waals surface area (Å²) in [6.45, 7) is 0. The molecule has 0 aliphatic heterocycles. The first kappa shape index (κ1) is 7.60. The second kappa shape index (κ2) is 3.14. The molecule has 0 unspecified atom stereocenters. The Balaban J connectivity index is 2.25. The van der Waals surface area contributed by atoms with Crippen LogP contribution in [-0.2, 0) is 0 Å². The normalized spacial score (nSPS) is 9.85. The summed E-state index contributed by atoms with van der Waals surface area (Å²) in [5.74, 6) is 0.674. The van der Waals surface area contributed by atoms with E-state index in [2.05, 4.69) is 14.7 Å². The van der Waals surface area contributed by atoms with E-state index < -0.39 is 5.56 Å². The van der Waals surface area contributed by atoms with Crippen LogP contribution < -0.4 is 10.3 Å². The van der Waals surface area contributed by atoms with Gasteiger partial charge < -0.3 is 9.26 Å². The number of nitrogens with zero attached hydrogens (tertiary/aromatic N) is 1. The Hall–Kier alpha value is -2.04. The molecule has 5 nitrogen and oxygen atoms in total. The van der Waals surface area contributed by atoms with E-state index in [4.69, 9.17) is 4.74 Å². The molecule has 2 aromatic heterocycles. The molecule has 0 atom stereocenters. The van der Waals surface area contributed by atoms with E-state index in [1.165, 1.54) is 6.26 Å². The van der Waals surface area contributed by atoms with Gasteiger partial charge in [-0.3, -0.25) is 9.78 Å². The predicted molar refractivity (Wildman–Crippen MR) is 43.6 cm³/mol. The van der Waals surface area contributed by atoms with E-state index in [-0.39, 0.29) is 5.75 Å². The summed E-state index contributed by atoms with van der Waals surface area (Å²) in [4.78, 5) is 14.7. The Kier molecular flexibility index (Phi) is 1.84. The van der Waals surface area contributed by atoms with Gasteiger partial charge in [0.1, 0.15) is 5.75 Å². The van der Waals surface area contributed by atoms with Crippen LogP contribution in [0.2, 0.25) is 0 Å². The van der Waals surface area contributed by atoms with Gasteiger partial charge in [0.05, 0.1) is 0 Å². The summed E-state index contributed by atoms with van der Waals surface area (Å²) in [7, 11) is 0. The third-order valence-corrected chi connectivity index (χ3v) is 1.42. The summed E-state index contributed by atoms with van der Waals surface area (Å²) >= 11 is 0. The molecule has 0 radical (unpaired) electrons. The molecule has 0 bridgehead atoms. The molecule has 0 aromatic carbocycles. The Morgan fingerprint density at radius 1 is 1.38 bits per heavy atom. The highest BCUT2D eigenvalue weighted by Gasteiger charge is 2.03. The van der Waals surface area contributed by atoms with Gasteiger partial charge in [0.25, 0.3) is 0 Å². The average Bonchev–Trinajstić information content (AvgIpc) is 2.54. The minimum atomic E-state index is -0.392. The minimum Gasteiger partial charge on any atom is -0.448 e. The van der Waals surface area contributed by atoms with Crippen molar-refractivity contribution < 1.29 is 9.26 Å². The zero-order chi connectivity index (χ0) is 9.10. The van der Waals surface area contributed by atoms with Gasteiger partial charge >= 0.3 is 5.56 Å². The minimum absolute atomic E-state index is 0.131. The predicted octanol–water partition coefficient (Wildman–Crippen LogP) is 1.16. The number of rotatable bonds is 2. The van der Waals surface area contributed by atoms with Crippen LogP contribution in [0.15, 0.2) is 40.1 Å². The van der Waals surface area contributed by atoms with Crippen molar-refractivity contribution in [2.24, 2.45) is 0 Å². The summed E-state index contributed by atoms with van der Waals surface area (Å²) in [5, 5.41) is 2.12. The molecule has 2 rings (SSSR count). The van der Waals surface area contributed by atoms with Crippen LogP contribution in [0.3, 0.4) is 0 Å². The first-order chi connectivity index (χ1) is 6.36. The molecule has 0 spiro atoms. The van der Waals surface area contributed by atoms with Crippen molar-refractivity contribution in [1.29, 1.82) is 0 Å². The number of aromatic nitrogens is 2. The van der Waals surface area contributed by atoms with Crippen molar-refractivity contribution in [3.8, 4) is 11.5 Å². The highest BCUT2D eigenvalue weighted by Crippen LogP contribution is 2.15. The fraction of sp³-hybridized carbons (Fsp3) is 0. The van der Waals surface area contributed by atoms with Gasteiger partial charge in [-0.2, -0.15) is 5.16 Å². The van der Waals surface area contributed by atoms with Crippen LogP contribution in [0.5, 0.6) is 11.5 Å². The molecule has 0 amide bonds. The first-order valence-electron chi connectivity index (χ1n) is 3.60. The van der Waals surface area contributed by atoms with Crippen LogP contribution in [0.25, 0.3) is 0 Å². The van der Waals surface area contributed by atoms with Gasteiger partial charge in [0, 0.05) is 12.4 Å². The van der Waals surface area contributed by atoms with Crippen molar-refractivity contribution in [3.63, 3.8) is 0 Å². The molecule has 2 heterocycles. The van der Waals surface area contributed by atoms with Crippen molar-refractivity contribution >= 4 is 0 Å². The number of hydrogen-bond acceptors (Lipinski definition) is 4. The Morgan fingerprint density at radius 3 is 2.77 bits per heavy atom. The lowest BCUT2D eigenvalue weighted by molar-refractivity contribution is 0.407. The van der Waals surface area contributed by atoms with Crippen LogP contribution in [-0.4, -0.2) is 10.1 Å². The summed E-state index contributed by atoms with van der Waals surface area (Å²) in [5.41, 5.74) is -0.392. The molecule has 0 saturated carbocycles. The SMILES string of the molecule is O=c1[nH]occ1Oc1ccncc1. The quantitative estimate of drug-likeness (QED) is 0.749. The number of aromatic amines is 1. The van der Waals surface area contributed by atoms with E-state index in [9.17, 15) is 4.79 Å². The van der Waals surface area contributed by atoms with Gasteiger partial charge in [0.15, 0.2) is 6.26 Å². The summed E-state index contributed by atoms with van der Waals surface area (Å²) < 4.78 is 9.71. The summed E-state index contributed by atoms with van der Waals surface area (Å²) in [6, 6.07) is 3.29. The number of ether oxygens (including phenoxy) is 1. The third-order valence-electron chi connectivity index (χ3n) is 1.42. The molecular weight excluding hydrogens is 172 g/mol. The maximum absolute atomic E-state index is 10.9. The van der Waals surface area contributed by atoms with Gasteiger partial charge in [-0.1, -0.05) is 0 Å². The smallest absolute Gasteiger partial charge is 0.322 e. The third kappa shape index (κ3) is 1.58. The molecule has 2 aromatic rings. The molecule has 0 saturated heterocycles. The van der Waals surface area contributed by atoms with E-state index in [0.29, 0.717) is 5.75 Å². The van der Waals surface area contributed by atoms with Crippen molar-refractivity contribution in [2.75, 3.05) is 0 Å². The lowest BCUT2D eigenvalue weighted by Crippen LogP contribution is -2.00. The molecule has 0 aliphatic rings. The van der Waals surface area contributed by atoms with E-state index in [0.717, 1.165) is 0 Å². The van der Waals surface area contributed by atoms with E-state index >= 15 is 0 Å². The second-order valence-electron chi connectivity index (χ2n) is 2.32. The standard InChI is InChI=1S/C8H6N2O3/c11-8-7(5-12-10-8)13-6-1-3-9-4-2-6/h1-5H,(H,10,11). The summed E-state index contributed by atoms with van der Waals surface area (Å²) in [6.07, 6.45) is 4.36. The van der Waals surface area contributed by atoms with Gasteiger partial charge in [-0.15, -0.1) is 0 Å². The highest BCUT2D eigenvalue weighted by atomic mass is 16.5. The molecular formula is C8H6N2O3. The molecule has 0 aliphatic carbocycles. The maximum atomic E-state index is 10.9. The molecule has 0 fully saturated rings. The van der Waals surface area contributed by atoms with Gasteiger partial charge in [-0.05, 0) is 12.1 Å². The van der Waals surface area contributed by atoms with E-state index in [1.54, 1.807) is 24.5 Å². The zero-order valence-electron chi connectivity index (χ0n) is 6.56. The van der Waals surface area contributed by atoms with Crippen LogP contribution >= 0.6 is 0 Å². The molecule has 13 heavy (non-hydrogen) atoms. The van der Waals surface area contributed by atoms with Crippen molar-refractivity contribution in [2.45, 2.75) is 0 Å². The molecule has 66 valence electrons. The van der Waals surface area contributed by atoms with Crippen molar-refractivity contribution in [3.05, 3.63) is 41.1 Å². The second-order valence-corrected chi connectivity index (χ2v) is 2.32. The zero-order valence-corrected chi connectivity index (χ0v) is 6.56.